The SMILES string of the molecule is CC[C@H]1OC(=O)[C@H](C)C(=O)[C@H](C)[C@@H](OC(=O)C(O)CN(C)C)[C@@](C)(OC)C[C@@H](C)C(=O)[C@H](C)[C@H]2N(CCCCn3cnc(-c4cccnc4)c3)C(=O)O[C@]12C. The Labute approximate surface area is 324 Å². The average molecular weight is 770 g/mol. The maximum Gasteiger partial charge on any atom is 0.410 e. The molecule has 4 heterocycles. The molecule has 0 saturated carbocycles. The number of aryl methyl sites for hydroxylation is 1. The van der Waals surface area contributed by atoms with Gasteiger partial charge >= 0.3 is 18.0 Å². The van der Waals surface area contributed by atoms with Crippen LogP contribution < -0.4 is 0 Å². The highest BCUT2D eigenvalue weighted by Crippen LogP contribution is 2.42. The summed E-state index contributed by atoms with van der Waals surface area (Å²) in [6.07, 6.45) is 4.25. The van der Waals surface area contributed by atoms with Gasteiger partial charge in [-0.3, -0.25) is 19.4 Å². The first kappa shape index (κ1) is 43.5. The molecule has 2 saturated heterocycles. The van der Waals surface area contributed by atoms with E-state index in [1.807, 2.05) is 22.9 Å². The number of aliphatic hydroxyl groups is 1. The van der Waals surface area contributed by atoms with E-state index >= 15 is 0 Å². The van der Waals surface area contributed by atoms with Crippen LogP contribution in [0, 0.1) is 23.7 Å². The van der Waals surface area contributed by atoms with Gasteiger partial charge in [0, 0.05) is 62.7 Å². The number of Topliss-reactive ketones (excluding diaryl/α,β-unsaturated/α-hetero) is 2. The summed E-state index contributed by atoms with van der Waals surface area (Å²) in [5.41, 5.74) is -1.13. The van der Waals surface area contributed by atoms with E-state index in [-0.39, 0.29) is 31.7 Å². The predicted molar refractivity (Wildman–Crippen MR) is 201 cm³/mol. The second kappa shape index (κ2) is 18.2. The molecule has 10 atom stereocenters. The molecule has 15 heteroatoms. The lowest BCUT2D eigenvalue weighted by atomic mass is 9.73. The van der Waals surface area contributed by atoms with Gasteiger partial charge in [0.1, 0.15) is 29.5 Å². The number of nitrogens with zero attached hydrogens (tertiary/aromatic N) is 5. The number of rotatable bonds is 12. The van der Waals surface area contributed by atoms with Crippen molar-refractivity contribution in [3.8, 4) is 11.3 Å². The number of aliphatic hydroxyl groups excluding tert-OH is 1. The summed E-state index contributed by atoms with van der Waals surface area (Å²) in [7, 11) is 4.77. The number of carbonyl (C=O) groups is 5. The third-order valence-corrected chi connectivity index (χ3v) is 11.3. The lowest BCUT2D eigenvalue weighted by Crippen LogP contribution is -2.59. The number of carbonyl (C=O) groups excluding carboxylic acids is 5. The molecule has 0 radical (unpaired) electrons. The van der Waals surface area contributed by atoms with Crippen LogP contribution in [0.15, 0.2) is 37.1 Å². The molecule has 1 unspecified atom stereocenters. The maximum absolute atomic E-state index is 14.5. The number of ketones is 2. The number of likely N-dealkylation sites (N-methyl/N-ethyl adjacent to an activating group) is 1. The number of methoxy groups -OCH3 is 1. The number of fused-ring (bicyclic) bond motifs is 1. The van der Waals surface area contributed by atoms with E-state index in [4.69, 9.17) is 18.9 Å². The molecule has 0 aromatic carbocycles. The van der Waals surface area contributed by atoms with Crippen molar-refractivity contribution in [2.45, 2.75) is 116 Å². The molecule has 2 aliphatic rings. The van der Waals surface area contributed by atoms with Gasteiger partial charge in [-0.25, -0.2) is 14.6 Å². The van der Waals surface area contributed by atoms with Crippen molar-refractivity contribution in [2.75, 3.05) is 34.3 Å². The zero-order valence-electron chi connectivity index (χ0n) is 33.9. The number of amides is 1. The van der Waals surface area contributed by atoms with E-state index in [9.17, 15) is 29.1 Å². The van der Waals surface area contributed by atoms with Gasteiger partial charge in [0.05, 0.1) is 24.0 Å². The average Bonchev–Trinajstić information content (AvgIpc) is 3.73. The molecule has 1 amide bonds. The van der Waals surface area contributed by atoms with Gasteiger partial charge in [0.15, 0.2) is 17.5 Å². The standard InChI is InChI=1S/C40H59N5O10/c1-11-31-40(7)34(45(38(51)55-40)18-13-12-17-44-21-29(42-23-44)28-15-14-16-41-20-28)25(3)32(47)24(2)19-39(6,52-10)35(54-37(50)30(46)22-43(8)9)26(4)33(48)27(5)36(49)53-31/h14-16,20-21,23-27,30-31,34-35,46H,11-13,17-19,22H2,1-10H3/t24-,25+,26+,27-,30?,31-,34-,35-,39+,40-/m1/s1. The number of pyridine rings is 1. The Morgan fingerprint density at radius 3 is 2.38 bits per heavy atom. The number of imidazole rings is 1. The Hall–Kier alpha value is -4.21. The fourth-order valence-corrected chi connectivity index (χ4v) is 8.22. The number of esters is 2. The molecular weight excluding hydrogens is 710 g/mol. The van der Waals surface area contributed by atoms with Crippen LogP contribution in [0.3, 0.4) is 0 Å². The van der Waals surface area contributed by atoms with Gasteiger partial charge in [-0.1, -0.05) is 27.7 Å². The van der Waals surface area contributed by atoms with Crippen molar-refractivity contribution < 1.29 is 48.0 Å². The number of cyclic esters (lactones) is 1. The van der Waals surface area contributed by atoms with Crippen LogP contribution in [-0.4, -0.2) is 129 Å². The normalized spacial score (nSPS) is 31.4. The lowest BCUT2D eigenvalue weighted by molar-refractivity contribution is -0.190. The van der Waals surface area contributed by atoms with Crippen LogP contribution in [-0.2, 0) is 44.7 Å². The molecule has 0 spiro atoms. The van der Waals surface area contributed by atoms with Crippen LogP contribution in [0.1, 0.15) is 74.1 Å². The highest BCUT2D eigenvalue weighted by Gasteiger charge is 2.60. The summed E-state index contributed by atoms with van der Waals surface area (Å²) in [6, 6.07) is 2.96. The summed E-state index contributed by atoms with van der Waals surface area (Å²) < 4.78 is 25.9. The molecular formula is C40H59N5O10. The van der Waals surface area contributed by atoms with E-state index < -0.39 is 83.0 Å². The molecule has 2 aromatic rings. The molecule has 2 aromatic heterocycles. The molecule has 15 nitrogen and oxygen atoms in total. The Bertz CT molecular complexity index is 1670. The highest BCUT2D eigenvalue weighted by molar-refractivity contribution is 6.00. The summed E-state index contributed by atoms with van der Waals surface area (Å²) in [4.78, 5) is 81.1. The van der Waals surface area contributed by atoms with Crippen LogP contribution in [0.4, 0.5) is 4.79 Å². The van der Waals surface area contributed by atoms with E-state index in [2.05, 4.69) is 9.97 Å². The minimum atomic E-state index is -1.52. The Balaban J connectivity index is 1.64. The Morgan fingerprint density at radius 1 is 1.07 bits per heavy atom. The fourth-order valence-electron chi connectivity index (χ4n) is 8.22. The smallest absolute Gasteiger partial charge is 0.410 e. The third-order valence-electron chi connectivity index (χ3n) is 11.3. The molecule has 1 N–H and O–H groups in total. The molecule has 2 aliphatic heterocycles. The Morgan fingerprint density at radius 2 is 1.76 bits per heavy atom. The molecule has 2 fully saturated rings. The van der Waals surface area contributed by atoms with Gasteiger partial charge < -0.3 is 38.4 Å². The zero-order valence-corrected chi connectivity index (χ0v) is 33.9. The third kappa shape index (κ3) is 9.61. The van der Waals surface area contributed by atoms with Gasteiger partial charge in [0.25, 0.3) is 0 Å². The predicted octanol–water partition coefficient (Wildman–Crippen LogP) is 3.95. The van der Waals surface area contributed by atoms with Crippen LogP contribution in [0.25, 0.3) is 11.3 Å². The molecule has 0 aliphatic carbocycles. The molecule has 304 valence electrons. The van der Waals surface area contributed by atoms with Crippen molar-refractivity contribution in [3.63, 3.8) is 0 Å². The first-order valence-electron chi connectivity index (χ1n) is 19.2. The summed E-state index contributed by atoms with van der Waals surface area (Å²) in [6.45, 7) is 12.4. The number of unbranched alkanes of at least 4 members (excludes halogenated alkanes) is 1. The topological polar surface area (TPSA) is 180 Å². The minimum Gasteiger partial charge on any atom is -0.458 e. The van der Waals surface area contributed by atoms with Crippen molar-refractivity contribution in [1.29, 1.82) is 0 Å². The van der Waals surface area contributed by atoms with Gasteiger partial charge in [-0.2, -0.15) is 0 Å². The number of ether oxygens (including phenoxy) is 4. The molecule has 55 heavy (non-hydrogen) atoms. The quantitative estimate of drug-likeness (QED) is 0.142. The van der Waals surface area contributed by atoms with Crippen LogP contribution in [0.5, 0.6) is 0 Å². The first-order chi connectivity index (χ1) is 25.9. The van der Waals surface area contributed by atoms with Crippen molar-refractivity contribution in [2.24, 2.45) is 23.7 Å². The van der Waals surface area contributed by atoms with E-state index in [0.29, 0.717) is 19.4 Å². The largest absolute Gasteiger partial charge is 0.458 e. The first-order valence-corrected chi connectivity index (χ1v) is 19.2. The number of hydrogen-bond acceptors (Lipinski definition) is 13. The molecule has 0 bridgehead atoms. The summed E-state index contributed by atoms with van der Waals surface area (Å²) in [5.74, 6) is -6.50. The fraction of sp³-hybridized carbons (Fsp3) is 0.675. The highest BCUT2D eigenvalue weighted by atomic mass is 16.6. The monoisotopic (exact) mass is 769 g/mol. The summed E-state index contributed by atoms with van der Waals surface area (Å²) in [5, 5.41) is 10.6. The minimum absolute atomic E-state index is 0.0201. The lowest BCUT2D eigenvalue weighted by Gasteiger charge is -2.43. The van der Waals surface area contributed by atoms with Crippen LogP contribution >= 0.6 is 0 Å². The Kier molecular flexibility index (Phi) is 14.4. The van der Waals surface area contributed by atoms with Crippen molar-refractivity contribution in [3.05, 3.63) is 37.1 Å². The van der Waals surface area contributed by atoms with E-state index in [1.54, 1.807) is 77.2 Å². The summed E-state index contributed by atoms with van der Waals surface area (Å²) >= 11 is 0. The van der Waals surface area contributed by atoms with Crippen LogP contribution in [0.2, 0.25) is 0 Å². The van der Waals surface area contributed by atoms with E-state index in [1.165, 1.54) is 21.0 Å². The second-order valence-electron chi connectivity index (χ2n) is 15.8. The number of hydrogen-bond donors (Lipinski definition) is 1. The van der Waals surface area contributed by atoms with Crippen molar-refractivity contribution >= 4 is 29.6 Å². The number of aromatic nitrogens is 3. The maximum atomic E-state index is 14.5. The second-order valence-corrected chi connectivity index (χ2v) is 15.8. The van der Waals surface area contributed by atoms with Gasteiger partial charge in [0.2, 0.25) is 0 Å². The van der Waals surface area contributed by atoms with Gasteiger partial charge in [-0.05, 0) is 72.7 Å². The van der Waals surface area contributed by atoms with E-state index in [0.717, 1.165) is 11.3 Å². The van der Waals surface area contributed by atoms with Gasteiger partial charge in [-0.15, -0.1) is 0 Å². The molecule has 4 rings (SSSR count). The zero-order chi connectivity index (χ0) is 40.8. The van der Waals surface area contributed by atoms with Crippen molar-refractivity contribution in [1.82, 2.24) is 24.3 Å².